The molecule has 1 heterocycles. The summed E-state index contributed by atoms with van der Waals surface area (Å²) >= 11 is 0. The third kappa shape index (κ3) is 6.21. The number of phenolic OH excluding ortho intramolecular Hbond substituents is 1. The number of furan rings is 1. The second-order valence-corrected chi connectivity index (χ2v) is 5.29. The van der Waals surface area contributed by atoms with E-state index in [1.54, 1.807) is 24.5 Å². The maximum Gasteiger partial charge on any atom is 0.255 e. The molecule has 2 aromatic rings. The van der Waals surface area contributed by atoms with Crippen molar-refractivity contribution in [3.8, 4) is 5.75 Å². The van der Waals surface area contributed by atoms with Gasteiger partial charge in [0, 0.05) is 32.6 Å². The van der Waals surface area contributed by atoms with E-state index < -0.39 is 0 Å². The Hall–Kier alpha value is -2.96. The lowest BCUT2D eigenvalue weighted by Crippen LogP contribution is -2.41. The van der Waals surface area contributed by atoms with Crippen molar-refractivity contribution in [1.29, 1.82) is 0 Å². The summed E-state index contributed by atoms with van der Waals surface area (Å²) in [4.78, 5) is 16.4. The van der Waals surface area contributed by atoms with Gasteiger partial charge in [-0.15, -0.1) is 0 Å². The fourth-order valence-electron chi connectivity index (χ4n) is 2.19. The van der Waals surface area contributed by atoms with Crippen LogP contribution >= 0.6 is 0 Å². The summed E-state index contributed by atoms with van der Waals surface area (Å²) in [6, 6.07) is 10.2. The number of carbonyl (C=O) groups is 1. The summed E-state index contributed by atoms with van der Waals surface area (Å²) in [6.07, 6.45) is 2.38. The third-order valence-electron chi connectivity index (χ3n) is 3.40. The Balaban J connectivity index is 1.73. The van der Waals surface area contributed by atoms with Crippen molar-refractivity contribution in [2.45, 2.75) is 13.3 Å². The summed E-state index contributed by atoms with van der Waals surface area (Å²) in [5, 5.41) is 18.7. The molecule has 0 bridgehead atoms. The zero-order valence-corrected chi connectivity index (χ0v) is 14.3. The maximum absolute atomic E-state index is 12.0. The summed E-state index contributed by atoms with van der Waals surface area (Å²) in [6.45, 7) is 4.27. The van der Waals surface area contributed by atoms with Crippen LogP contribution in [0, 0.1) is 0 Å². The number of nitrogens with zero attached hydrogens (tertiary/aromatic N) is 1. The Bertz CT molecular complexity index is 683. The molecule has 0 aliphatic carbocycles. The van der Waals surface area contributed by atoms with Crippen LogP contribution in [0.4, 0.5) is 0 Å². The highest BCUT2D eigenvalue weighted by molar-refractivity contribution is 5.96. The van der Waals surface area contributed by atoms with Crippen molar-refractivity contribution >= 4 is 11.9 Å². The minimum Gasteiger partial charge on any atom is -0.507 e. The van der Waals surface area contributed by atoms with E-state index in [1.165, 1.54) is 6.07 Å². The first-order chi connectivity index (χ1) is 12.2. The van der Waals surface area contributed by atoms with E-state index in [0.717, 1.165) is 18.7 Å². The fourth-order valence-corrected chi connectivity index (χ4v) is 2.19. The van der Waals surface area contributed by atoms with Crippen molar-refractivity contribution < 1.29 is 14.3 Å². The van der Waals surface area contributed by atoms with Crippen LogP contribution in [0.5, 0.6) is 5.75 Å². The smallest absolute Gasteiger partial charge is 0.255 e. The SMILES string of the molecule is CCNC(=NCCc1ccco1)NCCNC(=O)c1ccccc1O. The van der Waals surface area contributed by atoms with Gasteiger partial charge in [0.05, 0.1) is 11.8 Å². The predicted octanol–water partition coefficient (Wildman–Crippen LogP) is 1.51. The summed E-state index contributed by atoms with van der Waals surface area (Å²) in [7, 11) is 0. The third-order valence-corrected chi connectivity index (χ3v) is 3.40. The van der Waals surface area contributed by atoms with Crippen molar-refractivity contribution in [3.63, 3.8) is 0 Å². The van der Waals surface area contributed by atoms with E-state index >= 15 is 0 Å². The van der Waals surface area contributed by atoms with E-state index in [-0.39, 0.29) is 17.2 Å². The van der Waals surface area contributed by atoms with Crippen molar-refractivity contribution in [2.75, 3.05) is 26.2 Å². The topological polar surface area (TPSA) is 98.9 Å². The summed E-state index contributed by atoms with van der Waals surface area (Å²) in [5.41, 5.74) is 0.265. The highest BCUT2D eigenvalue weighted by atomic mass is 16.3. The molecule has 0 saturated heterocycles. The van der Waals surface area contributed by atoms with Gasteiger partial charge >= 0.3 is 0 Å². The number of rotatable bonds is 8. The number of benzene rings is 1. The van der Waals surface area contributed by atoms with Gasteiger partial charge in [-0.1, -0.05) is 12.1 Å². The van der Waals surface area contributed by atoms with Crippen LogP contribution < -0.4 is 16.0 Å². The molecule has 1 aromatic carbocycles. The normalized spacial score (nSPS) is 11.2. The summed E-state index contributed by atoms with van der Waals surface area (Å²) < 4.78 is 5.27. The average molecular weight is 344 g/mol. The second-order valence-electron chi connectivity index (χ2n) is 5.29. The molecule has 0 atom stereocenters. The van der Waals surface area contributed by atoms with Crippen LogP contribution in [-0.2, 0) is 6.42 Å². The molecule has 0 saturated carbocycles. The van der Waals surface area contributed by atoms with E-state index in [4.69, 9.17) is 4.42 Å². The molecule has 134 valence electrons. The van der Waals surface area contributed by atoms with Gasteiger partial charge in [0.2, 0.25) is 0 Å². The van der Waals surface area contributed by atoms with Crippen LogP contribution in [-0.4, -0.2) is 43.2 Å². The standard InChI is InChI=1S/C18H24N4O3/c1-2-19-18(21-10-9-14-6-5-13-25-14)22-12-11-20-17(24)15-7-3-4-8-16(15)23/h3-8,13,23H,2,9-12H2,1H3,(H,20,24)(H2,19,21,22). The van der Waals surface area contributed by atoms with Crippen molar-refractivity contribution in [2.24, 2.45) is 4.99 Å². The Kier molecular flexibility index (Phi) is 7.37. The molecule has 7 nitrogen and oxygen atoms in total. The van der Waals surface area contributed by atoms with E-state index in [1.807, 2.05) is 19.1 Å². The van der Waals surface area contributed by atoms with Crippen molar-refractivity contribution in [1.82, 2.24) is 16.0 Å². The second kappa shape index (κ2) is 10.0. The van der Waals surface area contributed by atoms with Crippen LogP contribution in [0.25, 0.3) is 0 Å². The molecule has 0 spiro atoms. The molecule has 1 amide bonds. The van der Waals surface area contributed by atoms with E-state index in [0.29, 0.717) is 25.6 Å². The highest BCUT2D eigenvalue weighted by Crippen LogP contribution is 2.14. The molecule has 7 heteroatoms. The first-order valence-corrected chi connectivity index (χ1v) is 8.31. The minimum absolute atomic E-state index is 0.0270. The molecule has 25 heavy (non-hydrogen) atoms. The lowest BCUT2D eigenvalue weighted by Gasteiger charge is -2.12. The maximum atomic E-state index is 12.0. The van der Waals surface area contributed by atoms with Gasteiger partial charge in [0.1, 0.15) is 11.5 Å². The highest BCUT2D eigenvalue weighted by Gasteiger charge is 2.09. The number of hydrogen-bond donors (Lipinski definition) is 4. The molecule has 0 aliphatic heterocycles. The van der Waals surface area contributed by atoms with Gasteiger partial charge in [0.15, 0.2) is 5.96 Å². The van der Waals surface area contributed by atoms with Crippen LogP contribution in [0.3, 0.4) is 0 Å². The monoisotopic (exact) mass is 344 g/mol. The molecule has 0 fully saturated rings. The Morgan fingerprint density at radius 3 is 2.64 bits per heavy atom. The zero-order chi connectivity index (χ0) is 17.9. The minimum atomic E-state index is -0.306. The average Bonchev–Trinajstić information content (AvgIpc) is 3.12. The van der Waals surface area contributed by atoms with Gasteiger partial charge in [-0.2, -0.15) is 0 Å². The molecular formula is C18H24N4O3. The Morgan fingerprint density at radius 2 is 1.92 bits per heavy atom. The quantitative estimate of drug-likeness (QED) is 0.331. The molecule has 0 radical (unpaired) electrons. The van der Waals surface area contributed by atoms with E-state index in [2.05, 4.69) is 20.9 Å². The number of para-hydroxylation sites is 1. The number of hydrogen-bond acceptors (Lipinski definition) is 4. The van der Waals surface area contributed by atoms with Crippen LogP contribution in [0.2, 0.25) is 0 Å². The molecule has 4 N–H and O–H groups in total. The van der Waals surface area contributed by atoms with Crippen LogP contribution in [0.15, 0.2) is 52.1 Å². The van der Waals surface area contributed by atoms with Gasteiger partial charge in [-0.25, -0.2) is 0 Å². The number of aliphatic imine (C=N–C) groups is 1. The molecule has 2 rings (SSSR count). The number of amides is 1. The zero-order valence-electron chi connectivity index (χ0n) is 14.3. The predicted molar refractivity (Wildman–Crippen MR) is 96.8 cm³/mol. The number of phenols is 1. The summed E-state index contributed by atoms with van der Waals surface area (Å²) in [5.74, 6) is 1.25. The molecule has 0 unspecified atom stereocenters. The Morgan fingerprint density at radius 1 is 1.12 bits per heavy atom. The van der Waals surface area contributed by atoms with Gasteiger partial charge in [-0.3, -0.25) is 9.79 Å². The number of aromatic hydroxyl groups is 1. The molecule has 0 aliphatic rings. The number of nitrogens with one attached hydrogen (secondary N) is 3. The molecule has 1 aromatic heterocycles. The van der Waals surface area contributed by atoms with Gasteiger partial charge < -0.3 is 25.5 Å². The fraction of sp³-hybridized carbons (Fsp3) is 0.333. The van der Waals surface area contributed by atoms with Crippen molar-refractivity contribution in [3.05, 3.63) is 54.0 Å². The molecular weight excluding hydrogens is 320 g/mol. The number of guanidine groups is 1. The van der Waals surface area contributed by atoms with Gasteiger partial charge in [0.25, 0.3) is 5.91 Å². The first kappa shape index (κ1) is 18.4. The van der Waals surface area contributed by atoms with E-state index in [9.17, 15) is 9.90 Å². The number of carbonyl (C=O) groups excluding carboxylic acids is 1. The Labute approximate surface area is 147 Å². The largest absolute Gasteiger partial charge is 0.507 e. The first-order valence-electron chi connectivity index (χ1n) is 8.31. The lowest BCUT2D eigenvalue weighted by molar-refractivity contribution is 0.0951. The van der Waals surface area contributed by atoms with Gasteiger partial charge in [-0.05, 0) is 31.2 Å². The lowest BCUT2D eigenvalue weighted by atomic mass is 10.2. The van der Waals surface area contributed by atoms with Crippen LogP contribution in [0.1, 0.15) is 23.0 Å².